The summed E-state index contributed by atoms with van der Waals surface area (Å²) < 4.78 is 0. The largest absolute Gasteiger partial charge is 0.322 e. The first-order valence-electron chi connectivity index (χ1n) is 9.14. The zero-order chi connectivity index (χ0) is 20.5. The van der Waals surface area contributed by atoms with Crippen molar-refractivity contribution in [1.29, 1.82) is 0 Å². The maximum Gasteiger partial charge on any atom is 0.257 e. The number of fused-ring (bicyclic) bond motifs is 1. The predicted octanol–water partition coefficient (Wildman–Crippen LogP) is 6.10. The first-order valence-corrected chi connectivity index (χ1v) is 9.90. The Morgan fingerprint density at radius 2 is 1.66 bits per heavy atom. The molecule has 5 nitrogen and oxygen atoms in total. The van der Waals surface area contributed by atoms with Gasteiger partial charge in [-0.05, 0) is 60.0 Å². The van der Waals surface area contributed by atoms with E-state index in [1.807, 2.05) is 18.2 Å². The minimum atomic E-state index is -0.339. The van der Waals surface area contributed by atoms with E-state index in [1.54, 1.807) is 29.1 Å². The molecular formula is C22H18Cl2N4O. The summed E-state index contributed by atoms with van der Waals surface area (Å²) in [6, 6.07) is 18.3. The highest BCUT2D eigenvalue weighted by Gasteiger charge is 2.13. The summed E-state index contributed by atoms with van der Waals surface area (Å²) in [5.74, 6) is 0.126. The quantitative estimate of drug-likeness (QED) is 0.430. The first kappa shape index (κ1) is 19.4. The lowest BCUT2D eigenvalue weighted by Gasteiger charge is -2.07. The van der Waals surface area contributed by atoms with E-state index >= 15 is 0 Å². The lowest BCUT2D eigenvalue weighted by Crippen LogP contribution is -2.12. The van der Waals surface area contributed by atoms with Gasteiger partial charge in [-0.1, -0.05) is 49.2 Å². The molecule has 4 rings (SSSR count). The molecule has 0 aliphatic heterocycles. The molecule has 146 valence electrons. The van der Waals surface area contributed by atoms with Gasteiger partial charge < -0.3 is 5.32 Å². The molecule has 1 amide bonds. The predicted molar refractivity (Wildman–Crippen MR) is 117 cm³/mol. The van der Waals surface area contributed by atoms with Gasteiger partial charge in [0.05, 0.1) is 16.3 Å². The third-order valence-corrected chi connectivity index (χ3v) is 5.17. The van der Waals surface area contributed by atoms with Gasteiger partial charge in [0.15, 0.2) is 0 Å². The Balaban J connectivity index is 1.60. The van der Waals surface area contributed by atoms with E-state index in [4.69, 9.17) is 23.2 Å². The summed E-state index contributed by atoms with van der Waals surface area (Å²) in [7, 11) is 0. The van der Waals surface area contributed by atoms with Gasteiger partial charge in [0.1, 0.15) is 11.0 Å². The zero-order valence-electron chi connectivity index (χ0n) is 15.9. The van der Waals surface area contributed by atoms with Gasteiger partial charge in [0.25, 0.3) is 5.91 Å². The molecule has 4 aromatic rings. The molecule has 0 saturated carbocycles. The lowest BCUT2D eigenvalue weighted by atomic mass is 10.0. The van der Waals surface area contributed by atoms with Crippen molar-refractivity contribution in [1.82, 2.24) is 15.0 Å². The Morgan fingerprint density at radius 1 is 0.931 bits per heavy atom. The van der Waals surface area contributed by atoms with E-state index in [2.05, 4.69) is 41.5 Å². The maximum atomic E-state index is 12.5. The average Bonchev–Trinajstić information content (AvgIpc) is 3.13. The van der Waals surface area contributed by atoms with Crippen LogP contribution in [-0.4, -0.2) is 20.9 Å². The number of benzene rings is 3. The van der Waals surface area contributed by atoms with Crippen molar-refractivity contribution < 1.29 is 4.79 Å². The fourth-order valence-electron chi connectivity index (χ4n) is 2.97. The van der Waals surface area contributed by atoms with Gasteiger partial charge in [0.2, 0.25) is 0 Å². The summed E-state index contributed by atoms with van der Waals surface area (Å²) in [5, 5.41) is 12.7. The smallest absolute Gasteiger partial charge is 0.257 e. The number of nitrogens with one attached hydrogen (secondary N) is 1. The van der Waals surface area contributed by atoms with Gasteiger partial charge >= 0.3 is 0 Å². The molecule has 0 bridgehead atoms. The summed E-state index contributed by atoms with van der Waals surface area (Å²) in [6.45, 7) is 4.31. The second-order valence-electron chi connectivity index (χ2n) is 7.02. The maximum absolute atomic E-state index is 12.5. The minimum Gasteiger partial charge on any atom is -0.322 e. The fraction of sp³-hybridized carbons (Fsp3) is 0.136. The second-order valence-corrected chi connectivity index (χ2v) is 7.86. The third-order valence-electron chi connectivity index (χ3n) is 4.60. The molecule has 0 fully saturated rings. The Hall–Kier alpha value is -2.89. The van der Waals surface area contributed by atoms with Crippen molar-refractivity contribution in [2.45, 2.75) is 19.8 Å². The van der Waals surface area contributed by atoms with Crippen LogP contribution in [0.4, 0.5) is 5.69 Å². The van der Waals surface area contributed by atoms with E-state index < -0.39 is 0 Å². The molecule has 1 heterocycles. The van der Waals surface area contributed by atoms with Crippen LogP contribution in [0.15, 0.2) is 60.7 Å². The van der Waals surface area contributed by atoms with E-state index in [0.717, 1.165) is 11.2 Å². The summed E-state index contributed by atoms with van der Waals surface area (Å²) in [5.41, 5.74) is 4.45. The molecule has 1 aromatic heterocycles. The van der Waals surface area contributed by atoms with Crippen LogP contribution in [0.3, 0.4) is 0 Å². The standard InChI is InChI=1S/C22H18Cl2N4O/c1-13(2)14-3-7-17(8-4-14)28-26-20-10-6-16(12-21(20)27-28)25-22(29)18-11-15(23)5-9-19(18)24/h3-13H,1-2H3,(H,25,29). The van der Waals surface area contributed by atoms with Crippen LogP contribution in [0.2, 0.25) is 10.0 Å². The molecule has 1 N–H and O–H groups in total. The number of rotatable bonds is 4. The summed E-state index contributed by atoms with van der Waals surface area (Å²) in [6.07, 6.45) is 0. The van der Waals surface area contributed by atoms with Crippen LogP contribution in [0.1, 0.15) is 35.7 Å². The molecular weight excluding hydrogens is 407 g/mol. The van der Waals surface area contributed by atoms with Gasteiger partial charge in [-0.2, -0.15) is 4.80 Å². The van der Waals surface area contributed by atoms with Gasteiger partial charge in [-0.25, -0.2) is 0 Å². The van der Waals surface area contributed by atoms with Crippen LogP contribution in [0.5, 0.6) is 0 Å². The minimum absolute atomic E-state index is 0.313. The van der Waals surface area contributed by atoms with Crippen molar-refractivity contribution in [3.05, 3.63) is 81.8 Å². The number of hydrogen-bond acceptors (Lipinski definition) is 3. The molecule has 0 aliphatic carbocycles. The topological polar surface area (TPSA) is 59.8 Å². The lowest BCUT2D eigenvalue weighted by molar-refractivity contribution is 0.102. The summed E-state index contributed by atoms with van der Waals surface area (Å²) in [4.78, 5) is 14.1. The van der Waals surface area contributed by atoms with Crippen molar-refractivity contribution >= 4 is 45.8 Å². The van der Waals surface area contributed by atoms with E-state index in [-0.39, 0.29) is 5.91 Å². The molecule has 3 aromatic carbocycles. The van der Waals surface area contributed by atoms with Crippen molar-refractivity contribution in [3.8, 4) is 5.69 Å². The number of nitrogens with zero attached hydrogens (tertiary/aromatic N) is 3. The number of halogens is 2. The highest BCUT2D eigenvalue weighted by molar-refractivity contribution is 6.36. The van der Waals surface area contributed by atoms with E-state index in [0.29, 0.717) is 32.7 Å². The Bertz CT molecular complexity index is 1200. The Kier molecular flexibility index (Phi) is 5.26. The molecule has 0 unspecified atom stereocenters. The molecule has 0 saturated heterocycles. The van der Waals surface area contributed by atoms with Crippen LogP contribution in [0.25, 0.3) is 16.7 Å². The summed E-state index contributed by atoms with van der Waals surface area (Å²) >= 11 is 12.1. The van der Waals surface area contributed by atoms with Crippen molar-refractivity contribution in [2.75, 3.05) is 5.32 Å². The van der Waals surface area contributed by atoms with Crippen LogP contribution < -0.4 is 5.32 Å². The highest BCUT2D eigenvalue weighted by Crippen LogP contribution is 2.23. The number of hydrogen-bond donors (Lipinski definition) is 1. The monoisotopic (exact) mass is 424 g/mol. The molecule has 0 spiro atoms. The second kappa shape index (κ2) is 7.85. The number of carbonyl (C=O) groups excluding carboxylic acids is 1. The van der Waals surface area contributed by atoms with Crippen molar-refractivity contribution in [2.24, 2.45) is 0 Å². The van der Waals surface area contributed by atoms with Gasteiger partial charge in [0, 0.05) is 10.7 Å². The molecule has 0 atom stereocenters. The average molecular weight is 425 g/mol. The number of carbonyl (C=O) groups is 1. The number of aromatic nitrogens is 3. The van der Waals surface area contributed by atoms with E-state index in [1.165, 1.54) is 11.6 Å². The van der Waals surface area contributed by atoms with Crippen LogP contribution in [-0.2, 0) is 0 Å². The SMILES string of the molecule is CC(C)c1ccc(-n2nc3ccc(NC(=O)c4cc(Cl)ccc4Cl)cc3n2)cc1. The van der Waals surface area contributed by atoms with E-state index in [9.17, 15) is 4.79 Å². The van der Waals surface area contributed by atoms with Crippen LogP contribution in [0, 0.1) is 0 Å². The van der Waals surface area contributed by atoms with Crippen LogP contribution >= 0.6 is 23.2 Å². The normalized spacial score (nSPS) is 11.2. The number of anilines is 1. The Labute approximate surface area is 178 Å². The molecule has 29 heavy (non-hydrogen) atoms. The Morgan fingerprint density at radius 3 is 2.38 bits per heavy atom. The molecule has 0 radical (unpaired) electrons. The highest BCUT2D eigenvalue weighted by atomic mass is 35.5. The third kappa shape index (κ3) is 4.11. The van der Waals surface area contributed by atoms with Gasteiger partial charge in [-0.15, -0.1) is 10.2 Å². The first-order chi connectivity index (χ1) is 13.9. The van der Waals surface area contributed by atoms with Crippen molar-refractivity contribution in [3.63, 3.8) is 0 Å². The molecule has 0 aliphatic rings. The number of amides is 1. The van der Waals surface area contributed by atoms with Gasteiger partial charge in [-0.3, -0.25) is 4.79 Å². The molecule has 7 heteroatoms. The fourth-order valence-corrected chi connectivity index (χ4v) is 3.35. The zero-order valence-corrected chi connectivity index (χ0v) is 17.4.